The predicted molar refractivity (Wildman–Crippen MR) is 79.5 cm³/mol. The molecule has 1 aromatic rings. The summed E-state index contributed by atoms with van der Waals surface area (Å²) >= 11 is 0. The molecule has 6 heteroatoms. The first-order chi connectivity index (χ1) is 10.1. The fourth-order valence-electron chi connectivity index (χ4n) is 2.47. The smallest absolute Gasteiger partial charge is 0.254 e. The van der Waals surface area contributed by atoms with E-state index in [1.807, 2.05) is 13.0 Å². The second kappa shape index (κ2) is 6.58. The van der Waals surface area contributed by atoms with Crippen LogP contribution >= 0.6 is 0 Å². The molecule has 0 radical (unpaired) electrons. The molecule has 1 unspecified atom stereocenters. The van der Waals surface area contributed by atoms with E-state index in [0.29, 0.717) is 30.9 Å². The van der Waals surface area contributed by atoms with Gasteiger partial charge >= 0.3 is 0 Å². The maximum Gasteiger partial charge on any atom is 0.254 e. The molecule has 2 N–H and O–H groups in total. The van der Waals surface area contributed by atoms with Crippen LogP contribution in [0.2, 0.25) is 0 Å². The fourth-order valence-corrected chi connectivity index (χ4v) is 2.47. The van der Waals surface area contributed by atoms with E-state index < -0.39 is 6.04 Å². The quantitative estimate of drug-likeness (QED) is 0.832. The van der Waals surface area contributed by atoms with Crippen molar-refractivity contribution in [3.63, 3.8) is 0 Å². The lowest BCUT2D eigenvalue weighted by atomic mass is 10.1. The van der Waals surface area contributed by atoms with Crippen molar-refractivity contribution in [1.82, 2.24) is 15.5 Å². The van der Waals surface area contributed by atoms with Gasteiger partial charge in [0.2, 0.25) is 5.91 Å². The number of carbonyl (C=O) groups is 2. The largest absolute Gasteiger partial charge is 0.496 e. The first-order valence-electron chi connectivity index (χ1n) is 6.96. The minimum atomic E-state index is -0.483. The van der Waals surface area contributed by atoms with Crippen LogP contribution in [0.3, 0.4) is 0 Å². The standard InChI is InChI=1S/C15H21N3O3/c1-10-4-5-11(8-13(10)21-3)15(20)18-7-6-17-9-12(18)14(19)16-2/h4-5,8,12,17H,6-7,9H2,1-3H3,(H,16,19). The third kappa shape index (κ3) is 3.16. The van der Waals surface area contributed by atoms with Gasteiger partial charge in [-0.15, -0.1) is 0 Å². The molecule has 0 bridgehead atoms. The molecule has 114 valence electrons. The minimum Gasteiger partial charge on any atom is -0.496 e. The van der Waals surface area contributed by atoms with Crippen molar-refractivity contribution >= 4 is 11.8 Å². The van der Waals surface area contributed by atoms with Crippen molar-refractivity contribution in [3.8, 4) is 5.75 Å². The van der Waals surface area contributed by atoms with E-state index in [1.165, 1.54) is 0 Å². The first-order valence-corrected chi connectivity index (χ1v) is 6.96. The summed E-state index contributed by atoms with van der Waals surface area (Å²) in [5.41, 5.74) is 1.51. The molecule has 2 amide bonds. The van der Waals surface area contributed by atoms with Gasteiger partial charge in [0.15, 0.2) is 0 Å². The molecule has 0 spiro atoms. The summed E-state index contributed by atoms with van der Waals surface area (Å²) in [6.07, 6.45) is 0. The van der Waals surface area contributed by atoms with Crippen molar-refractivity contribution in [2.75, 3.05) is 33.8 Å². The van der Waals surface area contributed by atoms with Gasteiger partial charge in [-0.2, -0.15) is 0 Å². The fraction of sp³-hybridized carbons (Fsp3) is 0.467. The number of carbonyl (C=O) groups excluding carboxylic acids is 2. The van der Waals surface area contributed by atoms with Crippen molar-refractivity contribution in [3.05, 3.63) is 29.3 Å². The van der Waals surface area contributed by atoms with Gasteiger partial charge in [0.05, 0.1) is 7.11 Å². The Kier molecular flexibility index (Phi) is 4.80. The van der Waals surface area contributed by atoms with Gasteiger partial charge in [-0.25, -0.2) is 0 Å². The zero-order valence-corrected chi connectivity index (χ0v) is 12.6. The average Bonchev–Trinajstić information content (AvgIpc) is 2.54. The number of aryl methyl sites for hydroxylation is 1. The summed E-state index contributed by atoms with van der Waals surface area (Å²) in [7, 11) is 3.16. The molecule has 6 nitrogen and oxygen atoms in total. The summed E-state index contributed by atoms with van der Waals surface area (Å²) in [4.78, 5) is 26.2. The maximum absolute atomic E-state index is 12.7. The Bertz CT molecular complexity index is 545. The van der Waals surface area contributed by atoms with Crippen molar-refractivity contribution in [1.29, 1.82) is 0 Å². The number of likely N-dealkylation sites (N-methyl/N-ethyl adjacent to an activating group) is 1. The lowest BCUT2D eigenvalue weighted by Crippen LogP contribution is -2.59. The van der Waals surface area contributed by atoms with Crippen LogP contribution in [0.1, 0.15) is 15.9 Å². The van der Waals surface area contributed by atoms with Gasteiger partial charge < -0.3 is 20.3 Å². The molecule has 2 rings (SSSR count). The van der Waals surface area contributed by atoms with Gasteiger partial charge in [0, 0.05) is 32.2 Å². The van der Waals surface area contributed by atoms with Gasteiger partial charge in [-0.1, -0.05) is 6.07 Å². The van der Waals surface area contributed by atoms with Gasteiger partial charge in [-0.3, -0.25) is 9.59 Å². The van der Waals surface area contributed by atoms with E-state index in [0.717, 1.165) is 5.56 Å². The van der Waals surface area contributed by atoms with E-state index in [1.54, 1.807) is 31.2 Å². The van der Waals surface area contributed by atoms with Crippen molar-refractivity contribution < 1.29 is 14.3 Å². The van der Waals surface area contributed by atoms with E-state index in [2.05, 4.69) is 10.6 Å². The molecule has 1 aliphatic rings. The topological polar surface area (TPSA) is 70.7 Å². The van der Waals surface area contributed by atoms with Crippen LogP contribution in [-0.2, 0) is 4.79 Å². The summed E-state index contributed by atoms with van der Waals surface area (Å²) in [6.45, 7) is 3.58. The highest BCUT2D eigenvalue weighted by molar-refractivity contribution is 5.98. The zero-order chi connectivity index (χ0) is 15.4. The number of rotatable bonds is 3. The van der Waals surface area contributed by atoms with Gasteiger partial charge in [0.25, 0.3) is 5.91 Å². The Balaban J connectivity index is 2.26. The Morgan fingerprint density at radius 2 is 2.19 bits per heavy atom. The summed E-state index contributed by atoms with van der Waals surface area (Å²) in [5, 5.41) is 5.74. The zero-order valence-electron chi connectivity index (χ0n) is 12.6. The highest BCUT2D eigenvalue weighted by Crippen LogP contribution is 2.21. The molecular formula is C15H21N3O3. The summed E-state index contributed by atoms with van der Waals surface area (Å²) in [5.74, 6) is 0.366. The second-order valence-electron chi connectivity index (χ2n) is 5.02. The van der Waals surface area contributed by atoms with Gasteiger partial charge in [0.1, 0.15) is 11.8 Å². The molecule has 0 saturated carbocycles. The number of piperazine rings is 1. The normalized spacial score (nSPS) is 18.2. The lowest BCUT2D eigenvalue weighted by molar-refractivity contribution is -0.125. The molecular weight excluding hydrogens is 270 g/mol. The summed E-state index contributed by atoms with van der Waals surface area (Å²) < 4.78 is 5.26. The molecule has 21 heavy (non-hydrogen) atoms. The van der Waals surface area contributed by atoms with Gasteiger partial charge in [-0.05, 0) is 24.6 Å². The number of hydrogen-bond donors (Lipinski definition) is 2. The molecule has 1 atom stereocenters. The van der Waals surface area contributed by atoms with Crippen molar-refractivity contribution in [2.45, 2.75) is 13.0 Å². The van der Waals surface area contributed by atoms with E-state index in [9.17, 15) is 9.59 Å². The van der Waals surface area contributed by atoms with Crippen molar-refractivity contribution in [2.24, 2.45) is 0 Å². The third-order valence-corrected chi connectivity index (χ3v) is 3.71. The van der Waals surface area contributed by atoms with Crippen LogP contribution in [-0.4, -0.2) is 56.5 Å². The number of methoxy groups -OCH3 is 1. The molecule has 1 heterocycles. The number of hydrogen-bond acceptors (Lipinski definition) is 4. The predicted octanol–water partition coefficient (Wildman–Crippen LogP) is 0.164. The Labute approximate surface area is 124 Å². The maximum atomic E-state index is 12.7. The van der Waals surface area contributed by atoms with Crippen LogP contribution < -0.4 is 15.4 Å². The lowest BCUT2D eigenvalue weighted by Gasteiger charge is -2.35. The van der Waals surface area contributed by atoms with Crippen LogP contribution in [0.25, 0.3) is 0 Å². The average molecular weight is 291 g/mol. The SMILES string of the molecule is CNC(=O)C1CNCCN1C(=O)c1ccc(C)c(OC)c1. The highest BCUT2D eigenvalue weighted by atomic mass is 16.5. The van der Waals surface area contributed by atoms with Crippen LogP contribution in [0.15, 0.2) is 18.2 Å². The number of ether oxygens (including phenoxy) is 1. The molecule has 0 aromatic heterocycles. The summed E-state index contributed by atoms with van der Waals surface area (Å²) in [6, 6.07) is 4.86. The Hall–Kier alpha value is -2.08. The van der Waals surface area contributed by atoms with E-state index >= 15 is 0 Å². The molecule has 1 fully saturated rings. The first kappa shape index (κ1) is 15.3. The Morgan fingerprint density at radius 1 is 1.43 bits per heavy atom. The van der Waals surface area contributed by atoms with E-state index in [-0.39, 0.29) is 11.8 Å². The van der Waals surface area contributed by atoms with Crippen LogP contribution in [0, 0.1) is 6.92 Å². The van der Waals surface area contributed by atoms with E-state index in [4.69, 9.17) is 4.74 Å². The third-order valence-electron chi connectivity index (χ3n) is 3.71. The molecule has 1 aromatic carbocycles. The van der Waals surface area contributed by atoms with Crippen LogP contribution in [0.5, 0.6) is 5.75 Å². The highest BCUT2D eigenvalue weighted by Gasteiger charge is 2.32. The number of benzene rings is 1. The minimum absolute atomic E-state index is 0.150. The molecule has 1 saturated heterocycles. The Morgan fingerprint density at radius 3 is 2.86 bits per heavy atom. The number of amides is 2. The molecule has 1 aliphatic heterocycles. The van der Waals surface area contributed by atoms with Crippen LogP contribution in [0.4, 0.5) is 0 Å². The molecule has 0 aliphatic carbocycles. The monoisotopic (exact) mass is 291 g/mol. The number of nitrogens with zero attached hydrogens (tertiary/aromatic N) is 1. The second-order valence-corrected chi connectivity index (χ2v) is 5.02. The number of nitrogens with one attached hydrogen (secondary N) is 2.